The van der Waals surface area contributed by atoms with Crippen molar-refractivity contribution in [2.45, 2.75) is 0 Å². The summed E-state index contributed by atoms with van der Waals surface area (Å²) < 4.78 is 6.80. The minimum atomic E-state index is 0.357. The molecule has 0 aliphatic carbocycles. The third kappa shape index (κ3) is 8.10. The molecule has 5 heteroatoms. The maximum Gasteiger partial charge on any atom is 0.135 e. The lowest BCUT2D eigenvalue weighted by Gasteiger charge is -2.10. The molecular weight excluding hydrogens is 428 g/mol. The molecule has 0 spiro atoms. The second-order valence-corrected chi connectivity index (χ2v) is 7.26. The third-order valence-corrected chi connectivity index (χ3v) is 4.49. The molecule has 2 aromatic rings. The van der Waals surface area contributed by atoms with E-state index in [0.717, 1.165) is 40.2 Å². The summed E-state index contributed by atoms with van der Waals surface area (Å²) in [4.78, 5) is 7.51. The van der Waals surface area contributed by atoms with Crippen molar-refractivity contribution in [3.63, 3.8) is 0 Å². The summed E-state index contributed by atoms with van der Waals surface area (Å²) >= 11 is 3.46. The predicted octanol–water partition coefficient (Wildman–Crippen LogP) is 5.46. The van der Waals surface area contributed by atoms with Gasteiger partial charge in [0.25, 0.3) is 0 Å². The normalized spacial score (nSPS) is 11.6. The summed E-state index contributed by atoms with van der Waals surface area (Å²) in [5.74, 6) is 0.806. The minimum Gasteiger partial charge on any atom is -0.490 e. The molecule has 0 atom stereocenters. The number of nitrogens with zero attached hydrogens (tertiary/aromatic N) is 2. The zero-order chi connectivity index (χ0) is 20.9. The second-order valence-electron chi connectivity index (χ2n) is 6.35. The van der Waals surface area contributed by atoms with Crippen LogP contribution < -0.4 is 4.74 Å². The Balaban J connectivity index is 2.02. The molecule has 0 saturated carbocycles. The highest BCUT2D eigenvalue weighted by molar-refractivity contribution is 9.10. The van der Waals surface area contributed by atoms with Gasteiger partial charge < -0.3 is 9.57 Å². The molecule has 0 aliphatic rings. The number of hydrogen-bond donors (Lipinski definition) is 0. The number of likely N-dealkylation sites (N-methyl/N-ethyl adjacent to an activating group) is 1. The van der Waals surface area contributed by atoms with Crippen LogP contribution in [0.2, 0.25) is 0 Å². The van der Waals surface area contributed by atoms with Crippen LogP contribution in [0.5, 0.6) is 5.75 Å². The number of benzene rings is 2. The molecule has 0 aromatic heterocycles. The van der Waals surface area contributed by atoms with Crippen LogP contribution in [0.1, 0.15) is 11.1 Å². The van der Waals surface area contributed by atoms with Gasteiger partial charge in [-0.25, -0.2) is 0 Å². The van der Waals surface area contributed by atoms with Gasteiger partial charge in [-0.15, -0.1) is 6.58 Å². The van der Waals surface area contributed by atoms with Crippen molar-refractivity contribution in [1.82, 2.24) is 4.90 Å². The highest BCUT2D eigenvalue weighted by atomic mass is 79.9. The fraction of sp³-hybridized carbons (Fsp3) is 0.208. The van der Waals surface area contributed by atoms with E-state index in [2.05, 4.69) is 52.3 Å². The second kappa shape index (κ2) is 12.8. The summed E-state index contributed by atoms with van der Waals surface area (Å²) in [5.41, 5.74) is 2.68. The van der Waals surface area contributed by atoms with Crippen LogP contribution in [0.15, 0.2) is 95.6 Å². The molecule has 2 aromatic carbocycles. The Bertz CT molecular complexity index is 827. The van der Waals surface area contributed by atoms with E-state index in [0.29, 0.717) is 13.2 Å². The average molecular weight is 455 g/mol. The van der Waals surface area contributed by atoms with Gasteiger partial charge in [0.1, 0.15) is 24.7 Å². The van der Waals surface area contributed by atoms with Gasteiger partial charge in [-0.3, -0.25) is 4.90 Å². The van der Waals surface area contributed by atoms with Crippen LogP contribution in [-0.4, -0.2) is 44.0 Å². The van der Waals surface area contributed by atoms with E-state index in [1.54, 1.807) is 6.08 Å². The summed E-state index contributed by atoms with van der Waals surface area (Å²) in [6.45, 7) is 10.0. The van der Waals surface area contributed by atoms with E-state index in [1.807, 2.05) is 60.7 Å². The highest BCUT2D eigenvalue weighted by Gasteiger charge is 2.09. The number of halogens is 1. The van der Waals surface area contributed by atoms with Crippen molar-refractivity contribution in [3.05, 3.63) is 102 Å². The van der Waals surface area contributed by atoms with Crippen LogP contribution in [-0.2, 0) is 4.84 Å². The molecule has 0 radical (unpaired) electrons. The first-order valence-electron chi connectivity index (χ1n) is 9.38. The molecule has 0 unspecified atom stereocenters. The fourth-order valence-corrected chi connectivity index (χ4v) is 2.77. The van der Waals surface area contributed by atoms with Crippen LogP contribution in [0.25, 0.3) is 0 Å². The molecule has 0 fully saturated rings. The monoisotopic (exact) mass is 454 g/mol. The van der Waals surface area contributed by atoms with Crippen LogP contribution in [0.3, 0.4) is 0 Å². The lowest BCUT2D eigenvalue weighted by atomic mass is 10.0. The molecule has 2 rings (SSSR count). The SMILES string of the molecule is C=CCO/N=C(\c1ccc(Br)cc1)c1ccc(OC/C=C/CN(C)CC=C)cc1. The third-order valence-electron chi connectivity index (χ3n) is 3.96. The van der Waals surface area contributed by atoms with Crippen LogP contribution in [0.4, 0.5) is 0 Å². The molecule has 4 nitrogen and oxygen atoms in total. The number of rotatable bonds is 12. The maximum absolute atomic E-state index is 5.79. The Hall–Kier alpha value is -2.63. The summed E-state index contributed by atoms with van der Waals surface area (Å²) in [7, 11) is 2.05. The molecule has 29 heavy (non-hydrogen) atoms. The fourth-order valence-electron chi connectivity index (χ4n) is 2.51. The van der Waals surface area contributed by atoms with Gasteiger partial charge in [0.05, 0.1) is 0 Å². The first-order chi connectivity index (χ1) is 14.1. The molecule has 0 aliphatic heterocycles. The molecule has 152 valence electrons. The Morgan fingerprint density at radius 2 is 1.59 bits per heavy atom. The number of hydrogen-bond acceptors (Lipinski definition) is 4. The number of ether oxygens (including phenoxy) is 1. The van der Waals surface area contributed by atoms with Gasteiger partial charge >= 0.3 is 0 Å². The molecule has 0 N–H and O–H groups in total. The zero-order valence-corrected chi connectivity index (χ0v) is 18.3. The van der Waals surface area contributed by atoms with Crippen LogP contribution >= 0.6 is 15.9 Å². The minimum absolute atomic E-state index is 0.357. The van der Waals surface area contributed by atoms with Crippen molar-refractivity contribution in [3.8, 4) is 5.75 Å². The topological polar surface area (TPSA) is 34.1 Å². The Kier molecular flexibility index (Phi) is 9.96. The van der Waals surface area contributed by atoms with Gasteiger partial charge in [0, 0.05) is 28.7 Å². The Morgan fingerprint density at radius 3 is 2.21 bits per heavy atom. The van der Waals surface area contributed by atoms with Crippen molar-refractivity contribution in [2.24, 2.45) is 5.16 Å². The van der Waals surface area contributed by atoms with Gasteiger partial charge in [0.2, 0.25) is 0 Å². The largest absolute Gasteiger partial charge is 0.490 e. The van der Waals surface area contributed by atoms with Crippen molar-refractivity contribution in [1.29, 1.82) is 0 Å². The van der Waals surface area contributed by atoms with Gasteiger partial charge in [-0.1, -0.05) is 64.1 Å². The molecule has 0 saturated heterocycles. The quantitative estimate of drug-likeness (QED) is 0.185. The smallest absolute Gasteiger partial charge is 0.135 e. The molecule has 0 heterocycles. The molecular formula is C24H27BrN2O2. The first kappa shape index (κ1) is 22.7. The van der Waals surface area contributed by atoms with E-state index in [9.17, 15) is 0 Å². The maximum atomic E-state index is 5.79. The van der Waals surface area contributed by atoms with E-state index in [4.69, 9.17) is 9.57 Å². The van der Waals surface area contributed by atoms with Crippen molar-refractivity contribution in [2.75, 3.05) is 33.4 Å². The molecule has 0 bridgehead atoms. The predicted molar refractivity (Wildman–Crippen MR) is 125 cm³/mol. The Morgan fingerprint density at radius 1 is 0.931 bits per heavy atom. The van der Waals surface area contributed by atoms with E-state index in [1.165, 1.54) is 0 Å². The zero-order valence-electron chi connectivity index (χ0n) is 16.8. The van der Waals surface area contributed by atoms with E-state index in [-0.39, 0.29) is 0 Å². The van der Waals surface area contributed by atoms with E-state index < -0.39 is 0 Å². The summed E-state index contributed by atoms with van der Waals surface area (Å²) in [5, 5.41) is 4.30. The molecule has 0 amide bonds. The summed E-state index contributed by atoms with van der Waals surface area (Å²) in [6, 6.07) is 15.8. The standard InChI is InChI=1S/C24H27BrN2O2/c1-4-16-27(3)17-6-7-19-28-23-14-10-21(11-15-23)24(26-29-18-5-2)20-8-12-22(25)13-9-20/h4-15H,1-2,16-19H2,3H3/b7-6+,26-24+. The van der Waals surface area contributed by atoms with E-state index >= 15 is 0 Å². The van der Waals surface area contributed by atoms with Gasteiger partial charge in [0.15, 0.2) is 0 Å². The van der Waals surface area contributed by atoms with Crippen molar-refractivity contribution < 1.29 is 9.57 Å². The van der Waals surface area contributed by atoms with Crippen molar-refractivity contribution >= 4 is 21.6 Å². The lowest BCUT2D eigenvalue weighted by Crippen LogP contribution is -2.17. The Labute approximate surface area is 182 Å². The summed E-state index contributed by atoms with van der Waals surface area (Å²) in [6.07, 6.45) is 7.67. The highest BCUT2D eigenvalue weighted by Crippen LogP contribution is 2.18. The van der Waals surface area contributed by atoms with Gasteiger partial charge in [-0.05, 0) is 43.4 Å². The first-order valence-corrected chi connectivity index (χ1v) is 10.2. The average Bonchev–Trinajstić information content (AvgIpc) is 2.73. The number of oxime groups is 1. The van der Waals surface area contributed by atoms with Crippen LogP contribution in [0, 0.1) is 0 Å². The van der Waals surface area contributed by atoms with Gasteiger partial charge in [-0.2, -0.15) is 0 Å². The lowest BCUT2D eigenvalue weighted by molar-refractivity contribution is 0.175.